The number of hydrogen-bond donors (Lipinski definition) is 0. The zero-order valence-corrected chi connectivity index (χ0v) is 15.0. The van der Waals surface area contributed by atoms with E-state index in [1.54, 1.807) is 11.6 Å². The summed E-state index contributed by atoms with van der Waals surface area (Å²) in [7, 11) is 1.75. The molecule has 3 aromatic rings. The average Bonchev–Trinajstić information content (AvgIpc) is 2.98. The van der Waals surface area contributed by atoms with E-state index in [2.05, 4.69) is 20.9 Å². The molecule has 1 aromatic carbocycles. The molecule has 0 unspecified atom stereocenters. The minimum Gasteiger partial charge on any atom is -0.493 e. The van der Waals surface area contributed by atoms with E-state index in [0.29, 0.717) is 12.0 Å². The fraction of sp³-hybridized carbons (Fsp3) is 0.200. The van der Waals surface area contributed by atoms with Crippen molar-refractivity contribution < 1.29 is 4.74 Å². The summed E-state index contributed by atoms with van der Waals surface area (Å²) >= 11 is 6.40. The Morgan fingerprint density at radius 3 is 2.86 bits per heavy atom. The van der Waals surface area contributed by atoms with Crippen molar-refractivity contribution in [2.45, 2.75) is 5.16 Å². The van der Waals surface area contributed by atoms with Gasteiger partial charge in [0.15, 0.2) is 5.16 Å². The van der Waals surface area contributed by atoms with E-state index >= 15 is 0 Å². The molecular weight excluding hydrogens is 384 g/mol. The van der Waals surface area contributed by atoms with Crippen LogP contribution in [0.2, 0.25) is 0 Å². The lowest BCUT2D eigenvalue weighted by Crippen LogP contribution is -2.19. The number of nitrogens with zero attached hydrogens (tertiary/aromatic N) is 2. The Balaban J connectivity index is 1.63. The molecule has 0 spiro atoms. The molecule has 0 amide bonds. The Bertz CT molecular complexity index is 843. The largest absolute Gasteiger partial charge is 0.493 e. The first-order valence-corrected chi connectivity index (χ1v) is 9.26. The van der Waals surface area contributed by atoms with Gasteiger partial charge in [0, 0.05) is 17.3 Å². The van der Waals surface area contributed by atoms with Crippen LogP contribution in [0.5, 0.6) is 5.75 Å². The van der Waals surface area contributed by atoms with E-state index in [4.69, 9.17) is 4.74 Å². The van der Waals surface area contributed by atoms with Crippen molar-refractivity contribution in [2.75, 3.05) is 12.4 Å². The molecule has 2 heterocycles. The van der Waals surface area contributed by atoms with Crippen LogP contribution in [-0.2, 0) is 7.05 Å². The molecule has 0 aliphatic rings. The first-order chi connectivity index (χ1) is 10.6. The molecule has 3 rings (SSSR count). The highest BCUT2D eigenvalue weighted by Crippen LogP contribution is 2.21. The summed E-state index contributed by atoms with van der Waals surface area (Å²) in [5, 5.41) is 3.30. The Hall–Kier alpha value is -1.31. The summed E-state index contributed by atoms with van der Waals surface area (Å²) in [4.78, 5) is 17.5. The summed E-state index contributed by atoms with van der Waals surface area (Å²) in [5.74, 6) is 1.56. The van der Waals surface area contributed by atoms with Crippen molar-refractivity contribution in [1.82, 2.24) is 9.55 Å². The number of aromatic nitrogens is 2. The zero-order chi connectivity index (χ0) is 15.5. The number of thioether (sulfide) groups is 1. The summed E-state index contributed by atoms with van der Waals surface area (Å²) in [5.41, 5.74) is 0.00239. The fourth-order valence-corrected chi connectivity index (χ4v) is 3.79. The third-order valence-electron chi connectivity index (χ3n) is 3.06. The molecule has 0 aliphatic heterocycles. The summed E-state index contributed by atoms with van der Waals surface area (Å²) < 4.78 is 8.29. The lowest BCUT2D eigenvalue weighted by Gasteiger charge is -2.08. The second kappa shape index (κ2) is 6.85. The molecule has 0 bridgehead atoms. The quantitative estimate of drug-likeness (QED) is 0.372. The monoisotopic (exact) mass is 396 g/mol. The normalized spacial score (nSPS) is 11.0. The van der Waals surface area contributed by atoms with Crippen LogP contribution in [-0.4, -0.2) is 21.9 Å². The average molecular weight is 397 g/mol. The Kier molecular flexibility index (Phi) is 4.85. The van der Waals surface area contributed by atoms with Crippen LogP contribution in [0.4, 0.5) is 0 Å². The zero-order valence-electron chi connectivity index (χ0n) is 11.8. The van der Waals surface area contributed by atoms with E-state index in [1.807, 2.05) is 35.7 Å². The molecule has 0 fully saturated rings. The Morgan fingerprint density at radius 2 is 2.09 bits per heavy atom. The molecule has 22 heavy (non-hydrogen) atoms. The van der Waals surface area contributed by atoms with E-state index in [9.17, 15) is 4.79 Å². The summed E-state index contributed by atoms with van der Waals surface area (Å²) in [6, 6.07) is 9.54. The number of rotatable bonds is 5. The molecule has 4 nitrogen and oxygen atoms in total. The van der Waals surface area contributed by atoms with Crippen molar-refractivity contribution in [1.29, 1.82) is 0 Å². The molecular formula is C15H13BrN2O2S2. The van der Waals surface area contributed by atoms with Crippen LogP contribution in [0, 0.1) is 0 Å². The van der Waals surface area contributed by atoms with Gasteiger partial charge in [-0.2, -0.15) is 0 Å². The number of fused-ring (bicyclic) bond motifs is 1. The molecule has 114 valence electrons. The smallest absolute Gasteiger partial charge is 0.262 e. The standard InChI is InChI=1S/C15H13BrN2O2S2/c1-18-14(19)12-6-8-21-13(12)17-15(18)22-9-7-20-11-4-2-10(16)3-5-11/h2-6,8H,7,9H2,1H3. The van der Waals surface area contributed by atoms with Gasteiger partial charge in [0.1, 0.15) is 10.6 Å². The van der Waals surface area contributed by atoms with Gasteiger partial charge >= 0.3 is 0 Å². The molecule has 0 radical (unpaired) electrons. The van der Waals surface area contributed by atoms with Crippen LogP contribution in [0.3, 0.4) is 0 Å². The topological polar surface area (TPSA) is 44.1 Å². The number of benzene rings is 1. The predicted molar refractivity (Wildman–Crippen MR) is 95.2 cm³/mol. The molecule has 0 N–H and O–H groups in total. The van der Waals surface area contributed by atoms with Crippen molar-refractivity contribution in [3.05, 3.63) is 50.5 Å². The van der Waals surface area contributed by atoms with Crippen molar-refractivity contribution in [3.63, 3.8) is 0 Å². The van der Waals surface area contributed by atoms with Gasteiger partial charge in [-0.3, -0.25) is 9.36 Å². The minimum absolute atomic E-state index is 0.00239. The van der Waals surface area contributed by atoms with Crippen LogP contribution in [0.25, 0.3) is 10.2 Å². The Labute approximate surface area is 144 Å². The van der Waals surface area contributed by atoms with Gasteiger partial charge in [-0.05, 0) is 35.7 Å². The minimum atomic E-state index is 0.00239. The molecule has 0 saturated heterocycles. The first kappa shape index (κ1) is 15.6. The second-order valence-corrected chi connectivity index (χ2v) is 7.42. The van der Waals surface area contributed by atoms with Gasteiger partial charge in [0.25, 0.3) is 5.56 Å². The van der Waals surface area contributed by atoms with E-state index in [-0.39, 0.29) is 5.56 Å². The van der Waals surface area contributed by atoms with Gasteiger partial charge in [-0.1, -0.05) is 27.7 Å². The third kappa shape index (κ3) is 3.37. The van der Waals surface area contributed by atoms with Gasteiger partial charge in [0.05, 0.1) is 12.0 Å². The summed E-state index contributed by atoms with van der Waals surface area (Å²) in [6.07, 6.45) is 0. The van der Waals surface area contributed by atoms with Crippen LogP contribution < -0.4 is 10.3 Å². The van der Waals surface area contributed by atoms with E-state index < -0.39 is 0 Å². The number of hydrogen-bond acceptors (Lipinski definition) is 5. The van der Waals surface area contributed by atoms with Crippen LogP contribution >= 0.6 is 39.0 Å². The van der Waals surface area contributed by atoms with Gasteiger partial charge in [-0.25, -0.2) is 4.98 Å². The molecule has 7 heteroatoms. The Morgan fingerprint density at radius 1 is 1.32 bits per heavy atom. The van der Waals surface area contributed by atoms with Gasteiger partial charge in [0.2, 0.25) is 0 Å². The summed E-state index contributed by atoms with van der Waals surface area (Å²) in [6.45, 7) is 0.560. The molecule has 0 atom stereocenters. The SMILES string of the molecule is Cn1c(SCCOc2ccc(Br)cc2)nc2sccc2c1=O. The van der Waals surface area contributed by atoms with Gasteiger partial charge < -0.3 is 4.74 Å². The lowest BCUT2D eigenvalue weighted by molar-refractivity contribution is 0.343. The highest BCUT2D eigenvalue weighted by Gasteiger charge is 2.09. The second-order valence-electron chi connectivity index (χ2n) is 4.55. The van der Waals surface area contributed by atoms with Crippen LogP contribution in [0.1, 0.15) is 0 Å². The molecule has 0 saturated carbocycles. The first-order valence-electron chi connectivity index (χ1n) is 6.60. The van der Waals surface area contributed by atoms with Crippen LogP contribution in [0.15, 0.2) is 50.1 Å². The van der Waals surface area contributed by atoms with Crippen molar-refractivity contribution >= 4 is 49.2 Å². The highest BCUT2D eigenvalue weighted by atomic mass is 79.9. The van der Waals surface area contributed by atoms with Crippen molar-refractivity contribution in [3.8, 4) is 5.75 Å². The maximum atomic E-state index is 12.2. The maximum Gasteiger partial charge on any atom is 0.262 e. The predicted octanol–water partition coefficient (Wildman–Crippen LogP) is 3.93. The number of ether oxygens (including phenoxy) is 1. The highest BCUT2D eigenvalue weighted by molar-refractivity contribution is 9.10. The van der Waals surface area contributed by atoms with E-state index in [0.717, 1.165) is 26.0 Å². The maximum absolute atomic E-state index is 12.2. The number of thiophene rings is 1. The number of halogens is 1. The molecule has 0 aliphatic carbocycles. The fourth-order valence-electron chi connectivity index (χ4n) is 1.93. The third-order valence-corrected chi connectivity index (χ3v) is 5.39. The molecule has 2 aromatic heterocycles. The lowest BCUT2D eigenvalue weighted by atomic mass is 10.3. The van der Waals surface area contributed by atoms with E-state index in [1.165, 1.54) is 23.1 Å². The van der Waals surface area contributed by atoms with Crippen molar-refractivity contribution in [2.24, 2.45) is 7.05 Å². The van der Waals surface area contributed by atoms with Gasteiger partial charge in [-0.15, -0.1) is 11.3 Å².